The van der Waals surface area contributed by atoms with Crippen LogP contribution in [0.2, 0.25) is 0 Å². The molecule has 32 heavy (non-hydrogen) atoms. The topological polar surface area (TPSA) is 88.8 Å². The van der Waals surface area contributed by atoms with Crippen LogP contribution in [0.4, 0.5) is 0 Å². The number of aryl methyl sites for hydroxylation is 1. The van der Waals surface area contributed by atoms with Gasteiger partial charge in [0.2, 0.25) is 11.7 Å². The third-order valence-corrected chi connectivity index (χ3v) is 6.20. The van der Waals surface area contributed by atoms with E-state index in [1.165, 1.54) is 5.56 Å². The Labute approximate surface area is 186 Å². The number of nitrogens with zero attached hydrogens (tertiary/aromatic N) is 4. The first-order valence-corrected chi connectivity index (χ1v) is 11.3. The number of hydrogen-bond acceptors (Lipinski definition) is 5. The summed E-state index contributed by atoms with van der Waals surface area (Å²) < 4.78 is 7.40. The summed E-state index contributed by atoms with van der Waals surface area (Å²) in [5, 5.41) is 3.04. The Morgan fingerprint density at radius 2 is 2.19 bits per heavy atom. The largest absolute Gasteiger partial charge is 0.493 e. The minimum Gasteiger partial charge on any atom is -0.493 e. The van der Waals surface area contributed by atoms with Crippen LogP contribution >= 0.6 is 0 Å². The van der Waals surface area contributed by atoms with Crippen LogP contribution in [0.15, 0.2) is 42.9 Å². The number of nitrogens with one attached hydrogen (secondary N) is 1. The van der Waals surface area contributed by atoms with Crippen molar-refractivity contribution >= 4 is 17.6 Å². The van der Waals surface area contributed by atoms with E-state index in [0.717, 1.165) is 43.6 Å². The summed E-state index contributed by atoms with van der Waals surface area (Å²) in [6.45, 7) is 2.55. The molecule has 0 unspecified atom stereocenters. The van der Waals surface area contributed by atoms with Crippen LogP contribution in [-0.2, 0) is 17.8 Å². The Balaban J connectivity index is 1.15. The molecular weight excluding hydrogens is 406 g/mol. The lowest BCUT2D eigenvalue weighted by Gasteiger charge is -2.32. The minimum atomic E-state index is -0.100. The van der Waals surface area contributed by atoms with E-state index in [-0.39, 0.29) is 17.7 Å². The molecule has 1 N–H and O–H groups in total. The summed E-state index contributed by atoms with van der Waals surface area (Å²) in [5.41, 5.74) is 2.69. The second-order valence-electron chi connectivity index (χ2n) is 8.59. The van der Waals surface area contributed by atoms with Crippen molar-refractivity contribution in [2.45, 2.75) is 38.6 Å². The number of likely N-dealkylation sites (tertiary alicyclic amines) is 1. The summed E-state index contributed by atoms with van der Waals surface area (Å²) in [7, 11) is 0. The quantitative estimate of drug-likeness (QED) is 0.668. The zero-order chi connectivity index (χ0) is 21.9. The third-order valence-electron chi connectivity index (χ3n) is 6.20. The molecule has 1 aromatic carbocycles. The van der Waals surface area contributed by atoms with E-state index in [1.807, 2.05) is 23.2 Å². The number of carbonyl (C=O) groups excluding carboxylic acids is 2. The Kier molecular flexibility index (Phi) is 5.75. The Morgan fingerprint density at radius 1 is 1.25 bits per heavy atom. The van der Waals surface area contributed by atoms with Crippen LogP contribution < -0.4 is 10.1 Å². The van der Waals surface area contributed by atoms with Gasteiger partial charge in [0, 0.05) is 44.6 Å². The molecule has 1 fully saturated rings. The molecule has 0 bridgehead atoms. The third kappa shape index (κ3) is 4.44. The van der Waals surface area contributed by atoms with Gasteiger partial charge >= 0.3 is 0 Å². The number of amides is 2. The number of rotatable bonds is 5. The van der Waals surface area contributed by atoms with Crippen molar-refractivity contribution in [3.8, 4) is 5.75 Å². The number of piperidine rings is 1. The van der Waals surface area contributed by atoms with Gasteiger partial charge in [-0.1, -0.05) is 12.1 Å². The first-order valence-electron chi connectivity index (χ1n) is 11.3. The molecule has 3 aromatic rings. The van der Waals surface area contributed by atoms with E-state index in [9.17, 15) is 9.59 Å². The van der Waals surface area contributed by atoms with E-state index in [1.54, 1.807) is 22.9 Å². The van der Waals surface area contributed by atoms with E-state index < -0.39 is 0 Å². The van der Waals surface area contributed by atoms with E-state index in [0.29, 0.717) is 37.5 Å². The fourth-order valence-corrected chi connectivity index (χ4v) is 4.57. The molecule has 8 nitrogen and oxygen atoms in total. The Morgan fingerprint density at radius 3 is 3.09 bits per heavy atom. The highest BCUT2D eigenvalue weighted by molar-refractivity contribution is 5.92. The van der Waals surface area contributed by atoms with E-state index >= 15 is 0 Å². The van der Waals surface area contributed by atoms with Gasteiger partial charge in [0.1, 0.15) is 11.4 Å². The average Bonchev–Trinajstić information content (AvgIpc) is 3.27. The van der Waals surface area contributed by atoms with E-state index in [4.69, 9.17) is 4.74 Å². The fraction of sp³-hybridized carbons (Fsp3) is 0.417. The van der Waals surface area contributed by atoms with Crippen LogP contribution in [-0.4, -0.2) is 50.8 Å². The van der Waals surface area contributed by atoms with Crippen LogP contribution in [0, 0.1) is 5.92 Å². The number of carbonyl (C=O) groups is 2. The average molecular weight is 434 g/mol. The molecule has 2 aromatic heterocycles. The normalized spacial score (nSPS) is 18.1. The molecule has 8 heteroatoms. The van der Waals surface area contributed by atoms with Gasteiger partial charge in [0.25, 0.3) is 5.91 Å². The van der Waals surface area contributed by atoms with Crippen molar-refractivity contribution < 1.29 is 14.3 Å². The van der Waals surface area contributed by atoms with Crippen LogP contribution in [0.1, 0.15) is 47.3 Å². The molecule has 4 heterocycles. The van der Waals surface area contributed by atoms with Crippen molar-refractivity contribution in [2.75, 3.05) is 19.7 Å². The lowest BCUT2D eigenvalue weighted by Crippen LogP contribution is -2.41. The minimum absolute atomic E-state index is 0.0233. The molecule has 2 aliphatic rings. The standard InChI is InChI=1S/C24H27N5O3/c30-22(26-14-17-6-7-21-19(12-17)5-2-11-32-21)13-18-4-1-9-28(15-18)23(31)20-16-29-10-3-8-25-24(29)27-20/h3,6-8,10,12,16,18H,1-2,4-5,9,11,13-15H2,(H,26,30)/t18-/m0/s1. The van der Waals surface area contributed by atoms with Gasteiger partial charge in [-0.2, -0.15) is 0 Å². The molecule has 5 rings (SSSR count). The maximum Gasteiger partial charge on any atom is 0.274 e. The van der Waals surface area contributed by atoms with Gasteiger partial charge in [-0.3, -0.25) is 14.0 Å². The molecule has 166 valence electrons. The van der Waals surface area contributed by atoms with Crippen molar-refractivity contribution in [3.05, 3.63) is 59.7 Å². The Hall–Kier alpha value is -3.42. The van der Waals surface area contributed by atoms with E-state index in [2.05, 4.69) is 21.4 Å². The van der Waals surface area contributed by atoms with Gasteiger partial charge in [-0.15, -0.1) is 0 Å². The summed E-state index contributed by atoms with van der Waals surface area (Å²) in [6.07, 6.45) is 9.50. The van der Waals surface area contributed by atoms with Gasteiger partial charge in [-0.05, 0) is 54.9 Å². The van der Waals surface area contributed by atoms with Gasteiger partial charge in [0.05, 0.1) is 6.61 Å². The number of imidazole rings is 1. The highest BCUT2D eigenvalue weighted by Crippen LogP contribution is 2.26. The lowest BCUT2D eigenvalue weighted by molar-refractivity contribution is -0.122. The second kappa shape index (κ2) is 8.98. The number of aromatic nitrogens is 3. The summed E-state index contributed by atoms with van der Waals surface area (Å²) >= 11 is 0. The van der Waals surface area contributed by atoms with Crippen molar-refractivity contribution in [2.24, 2.45) is 5.92 Å². The van der Waals surface area contributed by atoms with Gasteiger partial charge in [0.15, 0.2) is 0 Å². The predicted molar refractivity (Wildman–Crippen MR) is 118 cm³/mol. The predicted octanol–water partition coefficient (Wildman–Crippen LogP) is 2.61. The molecule has 0 saturated carbocycles. The zero-order valence-corrected chi connectivity index (χ0v) is 18.0. The summed E-state index contributed by atoms with van der Waals surface area (Å²) in [6, 6.07) is 7.93. The molecule has 0 aliphatic carbocycles. The monoisotopic (exact) mass is 433 g/mol. The van der Waals surface area contributed by atoms with Crippen molar-refractivity contribution in [1.29, 1.82) is 0 Å². The molecule has 2 aliphatic heterocycles. The molecule has 1 saturated heterocycles. The number of ether oxygens (including phenoxy) is 1. The molecule has 0 spiro atoms. The van der Waals surface area contributed by atoms with Crippen molar-refractivity contribution in [1.82, 2.24) is 24.6 Å². The van der Waals surface area contributed by atoms with Crippen LogP contribution in [0.5, 0.6) is 5.75 Å². The number of benzene rings is 1. The zero-order valence-electron chi connectivity index (χ0n) is 18.0. The fourth-order valence-electron chi connectivity index (χ4n) is 4.57. The number of fused-ring (bicyclic) bond motifs is 2. The SMILES string of the molecule is O=C(C[C@@H]1CCCN(C(=O)c2cn3cccnc3n2)C1)NCc1ccc2c(c1)CCCO2. The van der Waals surface area contributed by atoms with Gasteiger partial charge in [-0.25, -0.2) is 9.97 Å². The molecule has 2 amide bonds. The molecule has 0 radical (unpaired) electrons. The highest BCUT2D eigenvalue weighted by atomic mass is 16.5. The number of hydrogen-bond donors (Lipinski definition) is 1. The maximum atomic E-state index is 12.9. The molecular formula is C24H27N5O3. The Bertz CT molecular complexity index is 1110. The lowest BCUT2D eigenvalue weighted by atomic mass is 9.94. The first kappa shape index (κ1) is 20.5. The van der Waals surface area contributed by atoms with Gasteiger partial charge < -0.3 is 15.0 Å². The second-order valence-corrected chi connectivity index (χ2v) is 8.59. The van der Waals surface area contributed by atoms with Crippen molar-refractivity contribution in [3.63, 3.8) is 0 Å². The van der Waals surface area contributed by atoms with Crippen LogP contribution in [0.25, 0.3) is 5.78 Å². The summed E-state index contributed by atoms with van der Waals surface area (Å²) in [5.74, 6) is 1.55. The molecule has 1 atom stereocenters. The first-order chi connectivity index (χ1) is 15.7. The summed E-state index contributed by atoms with van der Waals surface area (Å²) in [4.78, 5) is 35.8. The highest BCUT2D eigenvalue weighted by Gasteiger charge is 2.27. The smallest absolute Gasteiger partial charge is 0.274 e. The van der Waals surface area contributed by atoms with Crippen LogP contribution in [0.3, 0.4) is 0 Å². The maximum absolute atomic E-state index is 12.9.